The molecule has 0 radical (unpaired) electrons. The Kier molecular flexibility index (Phi) is 8.05. The maximum absolute atomic E-state index is 12.6. The van der Waals surface area contributed by atoms with Crippen LogP contribution in [0.15, 0.2) is 24.3 Å². The zero-order valence-corrected chi connectivity index (χ0v) is 16.4. The Hall–Kier alpha value is -1.88. The summed E-state index contributed by atoms with van der Waals surface area (Å²) < 4.78 is 37.8. The summed E-state index contributed by atoms with van der Waals surface area (Å²) in [6.45, 7) is 3.87. The Morgan fingerprint density at radius 1 is 1.21 bits per heavy atom. The number of rotatable bonds is 7. The average molecular weight is 402 g/mol. The number of carbonyl (C=O) groups is 1. The van der Waals surface area contributed by atoms with Crippen molar-refractivity contribution in [3.63, 3.8) is 0 Å². The van der Waals surface area contributed by atoms with Crippen molar-refractivity contribution >= 4 is 11.7 Å². The molecule has 28 heavy (non-hydrogen) atoms. The summed E-state index contributed by atoms with van der Waals surface area (Å²) in [6, 6.07) is 3.99. The van der Waals surface area contributed by atoms with Crippen molar-refractivity contribution in [3.05, 3.63) is 29.8 Å². The molecular formula is C18H29F3N6O. The summed E-state index contributed by atoms with van der Waals surface area (Å²) in [5.74, 6) is 0. The van der Waals surface area contributed by atoms with Gasteiger partial charge in [0.05, 0.1) is 11.7 Å². The fourth-order valence-corrected chi connectivity index (χ4v) is 2.96. The van der Waals surface area contributed by atoms with E-state index in [0.717, 1.165) is 38.1 Å². The molecule has 1 fully saturated rings. The van der Waals surface area contributed by atoms with E-state index >= 15 is 0 Å². The number of nitrogens with zero attached hydrogens (tertiary/aromatic N) is 1. The number of urea groups is 1. The highest BCUT2D eigenvalue weighted by atomic mass is 19.4. The number of alkyl halides is 3. The van der Waals surface area contributed by atoms with Crippen molar-refractivity contribution in [1.29, 1.82) is 0 Å². The minimum absolute atomic E-state index is 0.0507. The third kappa shape index (κ3) is 7.63. The van der Waals surface area contributed by atoms with Crippen molar-refractivity contribution in [2.24, 2.45) is 0 Å². The minimum Gasteiger partial charge on any atom is -0.310 e. The number of anilines is 1. The lowest BCUT2D eigenvalue weighted by atomic mass is 10.1. The topological polar surface area (TPSA) is 80.5 Å². The number of nitrogens with one attached hydrogen (secondary N) is 5. The van der Waals surface area contributed by atoms with Gasteiger partial charge in [-0.3, -0.25) is 10.6 Å². The third-order valence-corrected chi connectivity index (χ3v) is 4.33. The minimum atomic E-state index is -4.40. The molecule has 5 N–H and O–H groups in total. The van der Waals surface area contributed by atoms with Crippen LogP contribution in [-0.4, -0.2) is 56.6 Å². The Morgan fingerprint density at radius 3 is 2.50 bits per heavy atom. The van der Waals surface area contributed by atoms with E-state index in [2.05, 4.69) is 31.5 Å². The van der Waals surface area contributed by atoms with Crippen LogP contribution in [0.3, 0.4) is 0 Å². The second-order valence-corrected chi connectivity index (χ2v) is 7.24. The largest absolute Gasteiger partial charge is 0.416 e. The molecule has 1 aromatic carbocycles. The first kappa shape index (κ1) is 22.4. The van der Waals surface area contributed by atoms with Gasteiger partial charge in [-0.15, -0.1) is 0 Å². The van der Waals surface area contributed by atoms with Gasteiger partial charge in [0.15, 0.2) is 0 Å². The molecule has 1 heterocycles. The van der Waals surface area contributed by atoms with E-state index < -0.39 is 24.1 Å². The van der Waals surface area contributed by atoms with E-state index in [1.807, 2.05) is 21.0 Å². The lowest BCUT2D eigenvalue weighted by Crippen LogP contribution is -2.67. The Labute approximate surface area is 163 Å². The van der Waals surface area contributed by atoms with Gasteiger partial charge < -0.3 is 20.9 Å². The van der Waals surface area contributed by atoms with E-state index in [1.54, 1.807) is 0 Å². The number of amides is 2. The molecule has 0 saturated carbocycles. The van der Waals surface area contributed by atoms with Gasteiger partial charge in [0.25, 0.3) is 0 Å². The first-order valence-electron chi connectivity index (χ1n) is 9.28. The number of benzene rings is 1. The number of hydrogen-bond donors (Lipinski definition) is 5. The molecule has 3 atom stereocenters. The first-order chi connectivity index (χ1) is 13.1. The van der Waals surface area contributed by atoms with Crippen LogP contribution < -0.4 is 26.6 Å². The molecule has 1 aromatic rings. The zero-order valence-electron chi connectivity index (χ0n) is 16.4. The van der Waals surface area contributed by atoms with Crippen molar-refractivity contribution in [2.75, 3.05) is 32.5 Å². The molecule has 0 aromatic heterocycles. The highest BCUT2D eigenvalue weighted by molar-refractivity contribution is 5.89. The predicted octanol–water partition coefficient (Wildman–Crippen LogP) is 1.95. The SMILES string of the molecule is CC1CC(NCCCN(C)C)NC(NC(=O)Nc2ccc(C(F)(F)F)cc2)N1. The van der Waals surface area contributed by atoms with Crippen molar-refractivity contribution in [3.8, 4) is 0 Å². The van der Waals surface area contributed by atoms with E-state index in [4.69, 9.17) is 0 Å². The smallest absolute Gasteiger partial charge is 0.310 e. The summed E-state index contributed by atoms with van der Waals surface area (Å²) in [4.78, 5) is 14.3. The molecule has 1 saturated heterocycles. The van der Waals surface area contributed by atoms with Gasteiger partial charge >= 0.3 is 12.2 Å². The summed E-state index contributed by atoms with van der Waals surface area (Å²) in [6.07, 6.45) is -2.93. The molecule has 3 unspecified atom stereocenters. The molecule has 10 heteroatoms. The van der Waals surface area contributed by atoms with Gasteiger partial charge in [0.1, 0.15) is 6.29 Å². The standard InChI is InChI=1S/C18H29F3N6O/c1-12-11-15(22-9-4-10-27(2)3)25-16(23-12)26-17(28)24-14-7-5-13(6-8-14)18(19,20)21/h5-8,12,15-16,22-23,25H,4,9-11H2,1-3H3,(H2,24,26,28). The van der Waals surface area contributed by atoms with Crippen LogP contribution in [0.2, 0.25) is 0 Å². The number of carbonyl (C=O) groups excluding carboxylic acids is 1. The quantitative estimate of drug-likeness (QED) is 0.451. The van der Waals surface area contributed by atoms with Crippen LogP contribution in [0.4, 0.5) is 23.7 Å². The first-order valence-corrected chi connectivity index (χ1v) is 9.28. The van der Waals surface area contributed by atoms with Gasteiger partial charge in [-0.25, -0.2) is 4.79 Å². The molecule has 1 aliphatic heterocycles. The molecule has 1 aliphatic rings. The summed E-state index contributed by atoms with van der Waals surface area (Å²) >= 11 is 0. The normalized spacial score (nSPS) is 22.9. The lowest BCUT2D eigenvalue weighted by molar-refractivity contribution is -0.137. The van der Waals surface area contributed by atoms with Crippen molar-refractivity contribution in [2.45, 2.75) is 44.4 Å². The van der Waals surface area contributed by atoms with Crippen LogP contribution in [0, 0.1) is 0 Å². The molecular weight excluding hydrogens is 373 g/mol. The third-order valence-electron chi connectivity index (χ3n) is 4.33. The van der Waals surface area contributed by atoms with Crippen LogP contribution in [-0.2, 0) is 6.18 Å². The van der Waals surface area contributed by atoms with Crippen molar-refractivity contribution < 1.29 is 18.0 Å². The van der Waals surface area contributed by atoms with E-state index in [0.29, 0.717) is 0 Å². The van der Waals surface area contributed by atoms with Crippen LogP contribution >= 0.6 is 0 Å². The fourth-order valence-electron chi connectivity index (χ4n) is 2.96. The fraction of sp³-hybridized carbons (Fsp3) is 0.611. The van der Waals surface area contributed by atoms with E-state index in [9.17, 15) is 18.0 Å². The van der Waals surface area contributed by atoms with E-state index in [-0.39, 0.29) is 17.9 Å². The highest BCUT2D eigenvalue weighted by Gasteiger charge is 2.30. The molecule has 7 nitrogen and oxygen atoms in total. The maximum atomic E-state index is 12.6. The summed E-state index contributed by atoms with van der Waals surface area (Å²) in [5.41, 5.74) is -0.473. The maximum Gasteiger partial charge on any atom is 0.416 e. The monoisotopic (exact) mass is 402 g/mol. The Bertz CT molecular complexity index is 623. The second-order valence-electron chi connectivity index (χ2n) is 7.24. The van der Waals surface area contributed by atoms with Gasteiger partial charge in [-0.05, 0) is 71.2 Å². The molecule has 0 aliphatic carbocycles. The Morgan fingerprint density at radius 2 is 1.89 bits per heavy atom. The van der Waals surface area contributed by atoms with Gasteiger partial charge in [-0.1, -0.05) is 0 Å². The zero-order chi connectivity index (χ0) is 20.7. The molecule has 0 spiro atoms. The van der Waals surface area contributed by atoms with Gasteiger partial charge in [0.2, 0.25) is 0 Å². The van der Waals surface area contributed by atoms with Crippen LogP contribution in [0.5, 0.6) is 0 Å². The molecule has 0 bridgehead atoms. The lowest BCUT2D eigenvalue weighted by Gasteiger charge is -2.37. The van der Waals surface area contributed by atoms with Crippen LogP contribution in [0.1, 0.15) is 25.3 Å². The van der Waals surface area contributed by atoms with Gasteiger partial charge in [-0.2, -0.15) is 13.2 Å². The summed E-state index contributed by atoms with van der Waals surface area (Å²) in [5, 5.41) is 15.2. The summed E-state index contributed by atoms with van der Waals surface area (Å²) in [7, 11) is 4.06. The highest BCUT2D eigenvalue weighted by Crippen LogP contribution is 2.29. The second kappa shape index (κ2) is 10.1. The van der Waals surface area contributed by atoms with Crippen LogP contribution in [0.25, 0.3) is 0 Å². The molecule has 158 valence electrons. The van der Waals surface area contributed by atoms with Gasteiger partial charge in [0, 0.05) is 11.7 Å². The van der Waals surface area contributed by atoms with Crippen molar-refractivity contribution in [1.82, 2.24) is 26.2 Å². The predicted molar refractivity (Wildman–Crippen MR) is 103 cm³/mol. The number of hydrogen-bond acceptors (Lipinski definition) is 5. The number of halogens is 3. The Balaban J connectivity index is 1.80. The molecule has 2 rings (SSSR count). The van der Waals surface area contributed by atoms with E-state index in [1.165, 1.54) is 12.1 Å². The average Bonchev–Trinajstić information content (AvgIpc) is 2.57. The molecule has 2 amide bonds.